The monoisotopic (exact) mass is 322 g/mol. The minimum atomic E-state index is -0.697. The first kappa shape index (κ1) is 13.9. The van der Waals surface area contributed by atoms with Gasteiger partial charge in [-0.2, -0.15) is 0 Å². The summed E-state index contributed by atoms with van der Waals surface area (Å²) >= 11 is 3.40. The molecule has 0 amide bonds. The van der Waals surface area contributed by atoms with E-state index >= 15 is 0 Å². The quantitative estimate of drug-likeness (QED) is 0.935. The van der Waals surface area contributed by atoms with Gasteiger partial charge in [0.25, 0.3) is 0 Å². The smallest absolute Gasteiger partial charge is 0.161 e. The summed E-state index contributed by atoms with van der Waals surface area (Å²) in [6.07, 6.45) is -0.697. The Morgan fingerprint density at radius 1 is 0.947 bits per heavy atom. The largest absolute Gasteiger partial charge is 0.493 e. The van der Waals surface area contributed by atoms with Crippen LogP contribution in [0.2, 0.25) is 0 Å². The van der Waals surface area contributed by atoms with Crippen molar-refractivity contribution in [3.63, 3.8) is 0 Å². The maximum absolute atomic E-state index is 10.4. The molecule has 2 aromatic rings. The molecule has 100 valence electrons. The topological polar surface area (TPSA) is 38.7 Å². The summed E-state index contributed by atoms with van der Waals surface area (Å²) in [5.41, 5.74) is 1.58. The van der Waals surface area contributed by atoms with Crippen molar-refractivity contribution in [2.45, 2.75) is 6.10 Å². The van der Waals surface area contributed by atoms with Crippen LogP contribution < -0.4 is 9.47 Å². The van der Waals surface area contributed by atoms with Crippen molar-refractivity contribution in [2.24, 2.45) is 0 Å². The Hall–Kier alpha value is -1.52. The third-order valence-corrected chi connectivity index (χ3v) is 3.38. The van der Waals surface area contributed by atoms with E-state index in [0.717, 1.165) is 15.6 Å². The standard InChI is InChI=1S/C15H15BrO3/c1-18-13-7-6-11(9-14(13)19-2)15(17)10-4-3-5-12(16)8-10/h3-9,15,17H,1-2H3/t15-/m0/s1. The molecule has 2 aromatic carbocycles. The van der Waals surface area contributed by atoms with Gasteiger partial charge in [-0.3, -0.25) is 0 Å². The summed E-state index contributed by atoms with van der Waals surface area (Å²) in [6.45, 7) is 0. The van der Waals surface area contributed by atoms with Gasteiger partial charge in [-0.15, -0.1) is 0 Å². The number of methoxy groups -OCH3 is 2. The van der Waals surface area contributed by atoms with E-state index in [-0.39, 0.29) is 0 Å². The summed E-state index contributed by atoms with van der Waals surface area (Å²) in [6, 6.07) is 13.0. The highest BCUT2D eigenvalue weighted by Crippen LogP contribution is 2.32. The highest BCUT2D eigenvalue weighted by Gasteiger charge is 2.13. The number of aliphatic hydroxyl groups excluding tert-OH is 1. The molecule has 0 fully saturated rings. The SMILES string of the molecule is COc1ccc([C@@H](O)c2cccc(Br)c2)cc1OC. The van der Waals surface area contributed by atoms with Crippen LogP contribution in [0.25, 0.3) is 0 Å². The lowest BCUT2D eigenvalue weighted by Gasteiger charge is -2.14. The molecule has 0 bridgehead atoms. The molecule has 0 saturated heterocycles. The molecule has 2 rings (SSSR count). The molecule has 19 heavy (non-hydrogen) atoms. The summed E-state index contributed by atoms with van der Waals surface area (Å²) in [7, 11) is 3.16. The first-order valence-electron chi connectivity index (χ1n) is 5.81. The Labute approximate surface area is 120 Å². The fraction of sp³-hybridized carbons (Fsp3) is 0.200. The molecule has 3 nitrogen and oxygen atoms in total. The highest BCUT2D eigenvalue weighted by atomic mass is 79.9. The van der Waals surface area contributed by atoms with Crippen LogP contribution in [0.5, 0.6) is 11.5 Å². The molecule has 0 spiro atoms. The number of hydrogen-bond acceptors (Lipinski definition) is 3. The van der Waals surface area contributed by atoms with Crippen molar-refractivity contribution in [2.75, 3.05) is 14.2 Å². The number of rotatable bonds is 4. The van der Waals surface area contributed by atoms with Gasteiger partial charge < -0.3 is 14.6 Å². The highest BCUT2D eigenvalue weighted by molar-refractivity contribution is 9.10. The average molecular weight is 323 g/mol. The van der Waals surface area contributed by atoms with Crippen molar-refractivity contribution >= 4 is 15.9 Å². The molecule has 0 aliphatic carbocycles. The van der Waals surface area contributed by atoms with Crippen LogP contribution >= 0.6 is 15.9 Å². The fourth-order valence-electron chi connectivity index (χ4n) is 1.89. The van der Waals surface area contributed by atoms with Crippen molar-refractivity contribution in [1.82, 2.24) is 0 Å². The maximum Gasteiger partial charge on any atom is 0.161 e. The number of halogens is 1. The van der Waals surface area contributed by atoms with Gasteiger partial charge >= 0.3 is 0 Å². The van der Waals surface area contributed by atoms with Crippen molar-refractivity contribution in [1.29, 1.82) is 0 Å². The number of ether oxygens (including phenoxy) is 2. The van der Waals surface area contributed by atoms with E-state index in [0.29, 0.717) is 11.5 Å². The van der Waals surface area contributed by atoms with Gasteiger partial charge in [-0.25, -0.2) is 0 Å². The molecule has 1 atom stereocenters. The van der Waals surface area contributed by atoms with Gasteiger partial charge in [-0.1, -0.05) is 34.1 Å². The van der Waals surface area contributed by atoms with E-state index < -0.39 is 6.10 Å². The van der Waals surface area contributed by atoms with Gasteiger partial charge in [0.05, 0.1) is 14.2 Å². The molecule has 0 aliphatic heterocycles. The van der Waals surface area contributed by atoms with E-state index in [9.17, 15) is 5.11 Å². The van der Waals surface area contributed by atoms with Gasteiger partial charge in [0.2, 0.25) is 0 Å². The predicted octanol–water partition coefficient (Wildman–Crippen LogP) is 3.55. The summed E-state index contributed by atoms with van der Waals surface area (Å²) in [5, 5.41) is 10.4. The Bertz CT molecular complexity index is 569. The normalized spacial score (nSPS) is 12.0. The molecule has 0 saturated carbocycles. The van der Waals surface area contributed by atoms with Crippen molar-refractivity contribution in [3.8, 4) is 11.5 Å². The Balaban J connectivity index is 2.36. The third-order valence-electron chi connectivity index (χ3n) is 2.89. The molecule has 0 radical (unpaired) electrons. The van der Waals surface area contributed by atoms with E-state index in [1.54, 1.807) is 26.4 Å². The van der Waals surface area contributed by atoms with Gasteiger partial charge in [0.1, 0.15) is 6.10 Å². The zero-order valence-electron chi connectivity index (χ0n) is 10.8. The molecule has 0 aromatic heterocycles. The minimum absolute atomic E-state index is 0.606. The fourth-order valence-corrected chi connectivity index (χ4v) is 2.31. The van der Waals surface area contributed by atoms with Crippen LogP contribution in [-0.2, 0) is 0 Å². The van der Waals surface area contributed by atoms with E-state index in [4.69, 9.17) is 9.47 Å². The van der Waals surface area contributed by atoms with Crippen molar-refractivity contribution in [3.05, 3.63) is 58.1 Å². The Morgan fingerprint density at radius 3 is 2.26 bits per heavy atom. The number of benzene rings is 2. The molecule has 4 heteroatoms. The van der Waals surface area contributed by atoms with Crippen LogP contribution in [0, 0.1) is 0 Å². The van der Waals surface area contributed by atoms with Gasteiger partial charge in [-0.05, 0) is 35.4 Å². The zero-order valence-corrected chi connectivity index (χ0v) is 12.3. The Morgan fingerprint density at radius 2 is 1.63 bits per heavy atom. The summed E-state index contributed by atoms with van der Waals surface area (Å²) in [4.78, 5) is 0. The van der Waals surface area contributed by atoms with Crippen molar-refractivity contribution < 1.29 is 14.6 Å². The summed E-state index contributed by atoms with van der Waals surface area (Å²) in [5.74, 6) is 1.25. The molecular weight excluding hydrogens is 308 g/mol. The average Bonchev–Trinajstić information content (AvgIpc) is 2.45. The molecule has 0 heterocycles. The second kappa shape index (κ2) is 6.08. The molecule has 0 aliphatic rings. The maximum atomic E-state index is 10.4. The lowest BCUT2D eigenvalue weighted by molar-refractivity contribution is 0.219. The first-order valence-corrected chi connectivity index (χ1v) is 6.60. The first-order chi connectivity index (χ1) is 9.15. The van der Waals surface area contributed by atoms with Gasteiger partial charge in [0.15, 0.2) is 11.5 Å². The second-order valence-electron chi connectivity index (χ2n) is 4.07. The summed E-state index contributed by atoms with van der Waals surface area (Å²) < 4.78 is 11.4. The van der Waals surface area contributed by atoms with Crippen LogP contribution in [0.3, 0.4) is 0 Å². The van der Waals surface area contributed by atoms with Gasteiger partial charge in [0, 0.05) is 4.47 Å². The lowest BCUT2D eigenvalue weighted by atomic mass is 10.0. The van der Waals surface area contributed by atoms with E-state index in [2.05, 4.69) is 15.9 Å². The van der Waals surface area contributed by atoms with E-state index in [1.807, 2.05) is 30.3 Å². The molecule has 0 unspecified atom stereocenters. The van der Waals surface area contributed by atoms with E-state index in [1.165, 1.54) is 0 Å². The van der Waals surface area contributed by atoms with Crippen LogP contribution in [0.1, 0.15) is 17.2 Å². The number of hydrogen-bond donors (Lipinski definition) is 1. The lowest BCUT2D eigenvalue weighted by Crippen LogP contribution is -2.01. The van der Waals surface area contributed by atoms with Crippen LogP contribution in [0.4, 0.5) is 0 Å². The van der Waals surface area contributed by atoms with Crippen LogP contribution in [-0.4, -0.2) is 19.3 Å². The third kappa shape index (κ3) is 3.08. The molecular formula is C15H15BrO3. The second-order valence-corrected chi connectivity index (χ2v) is 4.99. The zero-order chi connectivity index (χ0) is 13.8. The van der Waals surface area contributed by atoms with Crippen LogP contribution in [0.15, 0.2) is 46.9 Å². The number of aliphatic hydroxyl groups is 1. The predicted molar refractivity (Wildman–Crippen MR) is 77.7 cm³/mol. The molecule has 1 N–H and O–H groups in total. The Kier molecular flexibility index (Phi) is 4.45. The minimum Gasteiger partial charge on any atom is -0.493 e.